The molecule has 0 radical (unpaired) electrons. The number of rotatable bonds is 11. The van der Waals surface area contributed by atoms with Gasteiger partial charge in [0, 0.05) is 27.2 Å². The Morgan fingerprint density at radius 2 is 1.38 bits per heavy atom. The summed E-state index contributed by atoms with van der Waals surface area (Å²) in [6, 6.07) is 0. The van der Waals surface area contributed by atoms with Crippen LogP contribution >= 0.6 is 0 Å². The van der Waals surface area contributed by atoms with Crippen molar-refractivity contribution >= 4 is 29.8 Å². The van der Waals surface area contributed by atoms with E-state index in [2.05, 4.69) is 21.8 Å². The molecule has 0 saturated carbocycles. The Morgan fingerprint density at radius 1 is 0.882 bits per heavy atom. The summed E-state index contributed by atoms with van der Waals surface area (Å²) >= 11 is 0. The summed E-state index contributed by atoms with van der Waals surface area (Å²) in [6.45, 7) is 6.85. The van der Waals surface area contributed by atoms with Gasteiger partial charge in [0.2, 0.25) is 0 Å². The van der Waals surface area contributed by atoms with Crippen molar-refractivity contribution in [3.05, 3.63) is 18.4 Å². The highest BCUT2D eigenvalue weighted by Crippen LogP contribution is 2.33. The predicted molar refractivity (Wildman–Crippen MR) is 112 cm³/mol. The van der Waals surface area contributed by atoms with Gasteiger partial charge in [-0.1, -0.05) is 6.58 Å². The van der Waals surface area contributed by atoms with Gasteiger partial charge >= 0.3 is 29.8 Å². The molecule has 12 nitrogen and oxygen atoms in total. The van der Waals surface area contributed by atoms with Crippen LogP contribution in [0, 0.1) is 5.92 Å². The lowest BCUT2D eigenvalue weighted by molar-refractivity contribution is -0.305. The molecule has 0 aromatic rings. The summed E-state index contributed by atoms with van der Waals surface area (Å²) in [5.74, 6) is -5.59. The van der Waals surface area contributed by atoms with Crippen LogP contribution < -0.4 is 0 Å². The number of methoxy groups -OCH3 is 2. The molecule has 0 aromatic carbocycles. The lowest BCUT2D eigenvalue weighted by Gasteiger charge is -2.44. The first kappa shape index (κ1) is 28.8. The molecule has 34 heavy (non-hydrogen) atoms. The normalized spacial score (nSPS) is 23.8. The highest BCUT2D eigenvalue weighted by Gasteiger charge is 2.53. The second-order valence-electron chi connectivity index (χ2n) is 7.17. The Bertz CT molecular complexity index is 784. The monoisotopic (exact) mass is 486 g/mol. The molecule has 1 rings (SSSR count). The van der Waals surface area contributed by atoms with Gasteiger partial charge in [0.25, 0.3) is 0 Å². The van der Waals surface area contributed by atoms with Crippen molar-refractivity contribution in [1.82, 2.24) is 0 Å². The van der Waals surface area contributed by atoms with Crippen LogP contribution in [0.2, 0.25) is 0 Å². The Kier molecular flexibility index (Phi) is 12.0. The van der Waals surface area contributed by atoms with Crippen molar-refractivity contribution in [3.63, 3.8) is 0 Å². The molecule has 0 bridgehead atoms. The fourth-order valence-corrected chi connectivity index (χ4v) is 3.33. The van der Waals surface area contributed by atoms with E-state index < -0.39 is 66.5 Å². The molecule has 0 aliphatic carbocycles. The molecule has 12 heteroatoms. The van der Waals surface area contributed by atoms with Crippen LogP contribution in [0.4, 0.5) is 0 Å². The minimum Gasteiger partial charge on any atom is -0.468 e. The summed E-state index contributed by atoms with van der Waals surface area (Å²) in [5, 5.41) is 0. The Balaban J connectivity index is 3.45. The van der Waals surface area contributed by atoms with Crippen molar-refractivity contribution in [2.24, 2.45) is 5.92 Å². The van der Waals surface area contributed by atoms with E-state index >= 15 is 0 Å². The molecule has 0 spiro atoms. The average molecular weight is 486 g/mol. The molecule has 1 saturated heterocycles. The van der Waals surface area contributed by atoms with Gasteiger partial charge in [-0.3, -0.25) is 24.0 Å². The van der Waals surface area contributed by atoms with E-state index in [1.54, 1.807) is 6.08 Å². The van der Waals surface area contributed by atoms with Crippen LogP contribution in [0.5, 0.6) is 0 Å². The molecule has 1 aliphatic heterocycles. The van der Waals surface area contributed by atoms with Crippen molar-refractivity contribution in [1.29, 1.82) is 0 Å². The van der Waals surface area contributed by atoms with Crippen LogP contribution in [0.1, 0.15) is 33.6 Å². The molecule has 0 amide bonds. The van der Waals surface area contributed by atoms with Crippen molar-refractivity contribution in [2.45, 2.75) is 64.3 Å². The van der Waals surface area contributed by atoms with Crippen LogP contribution in [0.15, 0.2) is 18.4 Å². The van der Waals surface area contributed by atoms with Crippen LogP contribution in [-0.2, 0) is 57.1 Å². The lowest BCUT2D eigenvalue weighted by Crippen LogP contribution is -2.62. The highest BCUT2D eigenvalue weighted by molar-refractivity contribution is 5.94. The largest absolute Gasteiger partial charge is 0.468 e. The molecular weight excluding hydrogens is 456 g/mol. The van der Waals surface area contributed by atoms with Crippen molar-refractivity contribution < 1.29 is 57.1 Å². The number of carbonyl (C=O) groups excluding carboxylic acids is 5. The Labute approximate surface area is 197 Å². The third kappa shape index (κ3) is 8.62. The minimum atomic E-state index is -1.45. The number of esters is 5. The fraction of sp³-hybridized carbons (Fsp3) is 0.636. The van der Waals surface area contributed by atoms with E-state index in [-0.39, 0.29) is 13.0 Å². The summed E-state index contributed by atoms with van der Waals surface area (Å²) in [7, 11) is 2.17. The van der Waals surface area contributed by atoms with Crippen molar-refractivity contribution in [3.8, 4) is 0 Å². The molecule has 1 aliphatic rings. The molecule has 1 heterocycles. The molecule has 1 fully saturated rings. The number of carbonyl (C=O) groups is 5. The second kappa shape index (κ2) is 14.1. The molecule has 190 valence electrons. The first-order chi connectivity index (χ1) is 16.0. The van der Waals surface area contributed by atoms with Crippen LogP contribution in [0.3, 0.4) is 0 Å². The summed E-state index contributed by atoms with van der Waals surface area (Å²) in [4.78, 5) is 59.9. The van der Waals surface area contributed by atoms with E-state index in [1.807, 2.05) is 0 Å². The summed E-state index contributed by atoms with van der Waals surface area (Å²) in [5.41, 5.74) is 2.57. The molecular formula is C22H30O12. The zero-order chi connectivity index (χ0) is 25.8. The van der Waals surface area contributed by atoms with Gasteiger partial charge in [-0.25, -0.2) is 0 Å². The fourth-order valence-electron chi connectivity index (χ4n) is 3.33. The average Bonchev–Trinajstić information content (AvgIpc) is 2.77. The SMILES string of the molecule is C=C=CCCO[C@@H]1O[C@H](CC(C(=O)OC)C(=O)OC)[C@@H](OC(C)=O)[C@H](OC(C)=O)[C@H]1OC(C)=O. The molecule has 0 unspecified atom stereocenters. The van der Waals surface area contributed by atoms with Gasteiger partial charge in [0.05, 0.1) is 20.8 Å². The zero-order valence-electron chi connectivity index (χ0n) is 19.8. The highest BCUT2D eigenvalue weighted by atomic mass is 16.7. The standard InChI is InChI=1S/C22H30O12/c1-7-8-9-10-30-22-19(33-14(4)25)18(32-13(3)24)17(31-12(2)23)16(34-22)11-15(20(26)28-5)21(27)29-6/h8,15-19,22H,1,9-11H2,2-6H3/t16-,17-,18+,19-,22-/m1/s1. The maximum Gasteiger partial charge on any atom is 0.320 e. The van der Waals surface area contributed by atoms with E-state index in [9.17, 15) is 24.0 Å². The maximum atomic E-state index is 12.2. The van der Waals surface area contributed by atoms with Gasteiger partial charge in [0.15, 0.2) is 30.5 Å². The zero-order valence-corrected chi connectivity index (χ0v) is 19.8. The quantitative estimate of drug-likeness (QED) is 0.132. The van der Waals surface area contributed by atoms with Crippen LogP contribution in [0.25, 0.3) is 0 Å². The topological polar surface area (TPSA) is 150 Å². The molecule has 5 atom stereocenters. The first-order valence-electron chi connectivity index (χ1n) is 10.3. The summed E-state index contributed by atoms with van der Waals surface area (Å²) in [6.07, 6.45) is -5.01. The van der Waals surface area contributed by atoms with E-state index in [4.69, 9.17) is 23.7 Å². The van der Waals surface area contributed by atoms with Gasteiger partial charge in [-0.15, -0.1) is 5.73 Å². The predicted octanol–water partition coefficient (Wildman–Crippen LogP) is 0.607. The Morgan fingerprint density at radius 3 is 1.85 bits per heavy atom. The van der Waals surface area contributed by atoms with Gasteiger partial charge in [-0.2, -0.15) is 0 Å². The minimum absolute atomic E-state index is 0.0696. The van der Waals surface area contributed by atoms with Gasteiger partial charge in [-0.05, 0) is 12.5 Å². The summed E-state index contributed by atoms with van der Waals surface area (Å²) < 4.78 is 36.9. The lowest BCUT2D eigenvalue weighted by atomic mass is 9.90. The van der Waals surface area contributed by atoms with Crippen molar-refractivity contribution in [2.75, 3.05) is 20.8 Å². The first-order valence-corrected chi connectivity index (χ1v) is 10.3. The third-order valence-corrected chi connectivity index (χ3v) is 4.63. The molecule has 0 aromatic heterocycles. The van der Waals surface area contributed by atoms with E-state index in [0.717, 1.165) is 35.0 Å². The Hall–Kier alpha value is -3.21. The van der Waals surface area contributed by atoms with E-state index in [0.29, 0.717) is 6.42 Å². The van der Waals surface area contributed by atoms with Gasteiger partial charge in [0.1, 0.15) is 6.10 Å². The molecule has 0 N–H and O–H groups in total. The smallest absolute Gasteiger partial charge is 0.320 e. The third-order valence-electron chi connectivity index (χ3n) is 4.63. The number of hydrogen-bond acceptors (Lipinski definition) is 12. The number of hydrogen-bond donors (Lipinski definition) is 0. The maximum absolute atomic E-state index is 12.2. The second-order valence-corrected chi connectivity index (χ2v) is 7.17. The van der Waals surface area contributed by atoms with Crippen LogP contribution in [-0.4, -0.2) is 81.4 Å². The van der Waals surface area contributed by atoms with E-state index in [1.165, 1.54) is 0 Å². The van der Waals surface area contributed by atoms with Gasteiger partial charge < -0.3 is 33.2 Å². The number of ether oxygens (including phenoxy) is 7.